The molecule has 2 N–H and O–H groups in total. The van der Waals surface area contributed by atoms with Gasteiger partial charge in [0, 0.05) is 43.5 Å². The minimum Gasteiger partial charge on any atom is -0.388 e. The van der Waals surface area contributed by atoms with E-state index in [-0.39, 0.29) is 25.2 Å². The van der Waals surface area contributed by atoms with Crippen LogP contribution in [0.5, 0.6) is 0 Å². The SMILES string of the molecule is CC(C)n1cc(-c2cc(N(C)C)c3ncc(C(=O)NC4COC[C@@H]4O)n3n2)c2cccnc21. The van der Waals surface area contributed by atoms with E-state index >= 15 is 0 Å². The average Bonchev–Trinajstić information content (AvgIpc) is 3.49. The van der Waals surface area contributed by atoms with E-state index in [9.17, 15) is 9.90 Å². The largest absolute Gasteiger partial charge is 0.388 e. The fourth-order valence-electron chi connectivity index (χ4n) is 4.17. The maximum atomic E-state index is 13.0. The van der Waals surface area contributed by atoms with Gasteiger partial charge in [-0.3, -0.25) is 4.79 Å². The lowest BCUT2D eigenvalue weighted by molar-refractivity contribution is 0.0879. The summed E-state index contributed by atoms with van der Waals surface area (Å²) >= 11 is 0. The number of carbonyl (C=O) groups excluding carboxylic acids is 1. The number of amides is 1. The molecular weight excluding hydrogens is 422 g/mol. The molecule has 4 aromatic rings. The smallest absolute Gasteiger partial charge is 0.272 e. The Bertz CT molecular complexity index is 1340. The highest BCUT2D eigenvalue weighted by atomic mass is 16.5. The van der Waals surface area contributed by atoms with Crippen LogP contribution >= 0.6 is 0 Å². The van der Waals surface area contributed by atoms with Gasteiger partial charge in [-0.25, -0.2) is 14.5 Å². The number of hydrogen-bond donors (Lipinski definition) is 2. The third-order valence-electron chi connectivity index (χ3n) is 5.95. The highest BCUT2D eigenvalue weighted by Gasteiger charge is 2.29. The highest BCUT2D eigenvalue weighted by molar-refractivity contribution is 5.96. The second kappa shape index (κ2) is 8.13. The molecule has 4 aromatic heterocycles. The second-order valence-corrected chi connectivity index (χ2v) is 8.79. The van der Waals surface area contributed by atoms with Crippen molar-refractivity contribution in [2.75, 3.05) is 32.2 Å². The molecule has 10 heteroatoms. The Kier molecular flexibility index (Phi) is 5.26. The Labute approximate surface area is 190 Å². The van der Waals surface area contributed by atoms with Gasteiger partial charge < -0.3 is 24.6 Å². The van der Waals surface area contributed by atoms with Crippen molar-refractivity contribution in [2.45, 2.75) is 32.0 Å². The van der Waals surface area contributed by atoms with E-state index in [4.69, 9.17) is 9.84 Å². The van der Waals surface area contributed by atoms with Crippen LogP contribution in [0.2, 0.25) is 0 Å². The standard InChI is InChI=1S/C23H27N7O3/c1-13(2)29-10-15(14-6-5-7-24-21(14)29)16-8-18(28(3)4)22-25-9-19(30(22)27-16)23(32)26-17-11-33-12-20(17)31/h5-10,13,17,20,31H,11-12H2,1-4H3,(H,26,32)/t17?,20-/m0/s1. The Morgan fingerprint density at radius 2 is 2.09 bits per heavy atom. The van der Waals surface area contributed by atoms with Crippen LogP contribution in [0.1, 0.15) is 30.4 Å². The maximum absolute atomic E-state index is 13.0. The number of ether oxygens (including phenoxy) is 1. The molecule has 1 aliphatic rings. The van der Waals surface area contributed by atoms with Crippen molar-refractivity contribution in [1.29, 1.82) is 0 Å². The first-order valence-corrected chi connectivity index (χ1v) is 10.9. The van der Waals surface area contributed by atoms with Crippen molar-refractivity contribution >= 4 is 28.3 Å². The monoisotopic (exact) mass is 449 g/mol. The van der Waals surface area contributed by atoms with Gasteiger partial charge >= 0.3 is 0 Å². The summed E-state index contributed by atoms with van der Waals surface area (Å²) in [6.45, 7) is 4.70. The fourth-order valence-corrected chi connectivity index (χ4v) is 4.17. The summed E-state index contributed by atoms with van der Waals surface area (Å²) in [6.07, 6.45) is 4.62. The summed E-state index contributed by atoms with van der Waals surface area (Å²) in [4.78, 5) is 24.0. The first kappa shape index (κ1) is 21.4. The molecule has 2 atom stereocenters. The Morgan fingerprint density at radius 3 is 2.79 bits per heavy atom. The van der Waals surface area contributed by atoms with Gasteiger partial charge in [-0.05, 0) is 32.0 Å². The predicted molar refractivity (Wildman–Crippen MR) is 125 cm³/mol. The highest BCUT2D eigenvalue weighted by Crippen LogP contribution is 2.33. The van der Waals surface area contributed by atoms with Crippen LogP contribution < -0.4 is 10.2 Å². The number of rotatable bonds is 5. The molecule has 1 amide bonds. The molecule has 0 saturated carbocycles. The van der Waals surface area contributed by atoms with Gasteiger partial charge in [0.05, 0.1) is 42.9 Å². The molecule has 0 spiro atoms. The van der Waals surface area contributed by atoms with E-state index in [1.54, 1.807) is 10.7 Å². The van der Waals surface area contributed by atoms with Gasteiger partial charge in [0.1, 0.15) is 5.65 Å². The fraction of sp³-hybridized carbons (Fsp3) is 0.391. The number of carbonyl (C=O) groups is 1. The van der Waals surface area contributed by atoms with Crippen molar-refractivity contribution in [2.24, 2.45) is 0 Å². The van der Waals surface area contributed by atoms with Crippen molar-refractivity contribution in [3.63, 3.8) is 0 Å². The normalized spacial score (nSPS) is 18.5. The molecule has 5 rings (SSSR count). The average molecular weight is 450 g/mol. The van der Waals surface area contributed by atoms with Crippen LogP contribution in [0.4, 0.5) is 5.69 Å². The summed E-state index contributed by atoms with van der Waals surface area (Å²) in [5.74, 6) is -0.363. The third-order valence-corrected chi connectivity index (χ3v) is 5.95. The molecule has 0 aromatic carbocycles. The quantitative estimate of drug-likeness (QED) is 0.479. The Morgan fingerprint density at radius 1 is 1.27 bits per heavy atom. The first-order chi connectivity index (χ1) is 15.8. The third kappa shape index (κ3) is 3.61. The molecule has 1 aliphatic heterocycles. The molecule has 33 heavy (non-hydrogen) atoms. The van der Waals surface area contributed by atoms with Crippen LogP contribution in [0.3, 0.4) is 0 Å². The van der Waals surface area contributed by atoms with Crippen LogP contribution in [-0.4, -0.2) is 74.6 Å². The van der Waals surface area contributed by atoms with Gasteiger partial charge in [0.2, 0.25) is 0 Å². The Hall–Kier alpha value is -3.50. The number of aliphatic hydroxyl groups is 1. The lowest BCUT2D eigenvalue weighted by Crippen LogP contribution is -2.43. The topological polar surface area (TPSA) is 110 Å². The number of imidazole rings is 1. The summed E-state index contributed by atoms with van der Waals surface area (Å²) in [5.41, 5.74) is 4.21. The molecule has 5 heterocycles. The first-order valence-electron chi connectivity index (χ1n) is 10.9. The number of aliphatic hydroxyl groups excluding tert-OH is 1. The van der Waals surface area contributed by atoms with Crippen LogP contribution in [0.25, 0.3) is 27.9 Å². The van der Waals surface area contributed by atoms with E-state index in [0.717, 1.165) is 22.3 Å². The molecule has 1 saturated heterocycles. The molecule has 0 radical (unpaired) electrons. The summed E-state index contributed by atoms with van der Waals surface area (Å²) in [5, 5.41) is 18.7. The van der Waals surface area contributed by atoms with Gasteiger partial charge in [-0.15, -0.1) is 0 Å². The molecule has 1 unspecified atom stereocenters. The number of aromatic nitrogens is 5. The number of pyridine rings is 1. The lowest BCUT2D eigenvalue weighted by Gasteiger charge is -2.16. The molecular formula is C23H27N7O3. The molecule has 0 bridgehead atoms. The van der Waals surface area contributed by atoms with E-state index < -0.39 is 12.1 Å². The number of nitrogens with one attached hydrogen (secondary N) is 1. The van der Waals surface area contributed by atoms with Crippen molar-refractivity contribution in [3.8, 4) is 11.3 Å². The number of fused-ring (bicyclic) bond motifs is 2. The van der Waals surface area contributed by atoms with Crippen molar-refractivity contribution < 1.29 is 14.6 Å². The van der Waals surface area contributed by atoms with Crippen molar-refractivity contribution in [1.82, 2.24) is 29.5 Å². The minimum atomic E-state index is -0.733. The molecule has 10 nitrogen and oxygen atoms in total. The maximum Gasteiger partial charge on any atom is 0.272 e. The van der Waals surface area contributed by atoms with E-state index in [0.29, 0.717) is 17.0 Å². The molecule has 1 fully saturated rings. The Balaban J connectivity index is 1.66. The lowest BCUT2D eigenvalue weighted by atomic mass is 10.1. The summed E-state index contributed by atoms with van der Waals surface area (Å²) in [6, 6.07) is 5.68. The number of anilines is 1. The number of nitrogens with zero attached hydrogens (tertiary/aromatic N) is 6. The second-order valence-electron chi connectivity index (χ2n) is 8.79. The minimum absolute atomic E-state index is 0.208. The molecule has 172 valence electrons. The molecule has 0 aliphatic carbocycles. The van der Waals surface area contributed by atoms with Crippen LogP contribution in [0, 0.1) is 0 Å². The van der Waals surface area contributed by atoms with Crippen LogP contribution in [0.15, 0.2) is 36.8 Å². The zero-order chi connectivity index (χ0) is 23.3. The van der Waals surface area contributed by atoms with Gasteiger partial charge in [-0.2, -0.15) is 5.10 Å². The number of hydrogen-bond acceptors (Lipinski definition) is 7. The zero-order valence-corrected chi connectivity index (χ0v) is 19.1. The van der Waals surface area contributed by atoms with Crippen molar-refractivity contribution in [3.05, 3.63) is 42.5 Å². The van der Waals surface area contributed by atoms with E-state index in [2.05, 4.69) is 39.9 Å². The zero-order valence-electron chi connectivity index (χ0n) is 19.1. The van der Waals surface area contributed by atoms with Gasteiger partial charge in [0.25, 0.3) is 5.91 Å². The van der Waals surface area contributed by atoms with E-state index in [1.807, 2.05) is 37.2 Å². The predicted octanol–water partition coefficient (Wildman–Crippen LogP) is 1.88. The van der Waals surface area contributed by atoms with Crippen LogP contribution in [-0.2, 0) is 4.74 Å². The van der Waals surface area contributed by atoms with Gasteiger partial charge in [0.15, 0.2) is 11.3 Å². The van der Waals surface area contributed by atoms with E-state index in [1.165, 1.54) is 6.20 Å². The van der Waals surface area contributed by atoms with Gasteiger partial charge in [-0.1, -0.05) is 0 Å². The summed E-state index contributed by atoms with van der Waals surface area (Å²) in [7, 11) is 3.86. The summed E-state index contributed by atoms with van der Waals surface area (Å²) < 4.78 is 8.93.